The number of benzene rings is 1. The fourth-order valence-electron chi connectivity index (χ4n) is 4.64. The Morgan fingerprint density at radius 3 is 2.87 bits per heavy atom. The lowest BCUT2D eigenvalue weighted by atomic mass is 10.00. The molecular formula is C21H26N6OS2. The van der Waals surface area contributed by atoms with E-state index in [0.29, 0.717) is 12.1 Å². The maximum absolute atomic E-state index is 12.5. The molecule has 4 heterocycles. The van der Waals surface area contributed by atoms with Crippen LogP contribution in [0.25, 0.3) is 11.0 Å². The number of rotatable bonds is 3. The third-order valence-corrected chi connectivity index (χ3v) is 8.38. The molecule has 1 saturated heterocycles. The molecule has 0 radical (unpaired) electrons. The minimum absolute atomic E-state index is 0.00308. The zero-order valence-electron chi connectivity index (χ0n) is 17.5. The first-order chi connectivity index (χ1) is 14.4. The van der Waals surface area contributed by atoms with Crippen molar-refractivity contribution in [2.24, 2.45) is 7.05 Å². The van der Waals surface area contributed by atoms with E-state index in [9.17, 15) is 4.79 Å². The molecule has 0 saturated carbocycles. The van der Waals surface area contributed by atoms with E-state index in [1.165, 1.54) is 16.1 Å². The summed E-state index contributed by atoms with van der Waals surface area (Å²) >= 11 is 0. The first-order valence-electron chi connectivity index (χ1n) is 10.2. The molecule has 9 heteroatoms. The Kier molecular flexibility index (Phi) is 4.99. The first-order valence-corrected chi connectivity index (χ1v) is 12.4. The number of fused-ring (bicyclic) bond motifs is 2. The third-order valence-electron chi connectivity index (χ3n) is 6.44. The highest BCUT2D eigenvalue weighted by Gasteiger charge is 2.34. The van der Waals surface area contributed by atoms with E-state index in [1.807, 2.05) is 0 Å². The summed E-state index contributed by atoms with van der Waals surface area (Å²) < 4.78 is 4.98. The minimum Gasteiger partial charge on any atom is -0.364 e. The van der Waals surface area contributed by atoms with Gasteiger partial charge in [0.15, 0.2) is 0 Å². The van der Waals surface area contributed by atoms with Crippen molar-refractivity contribution in [3.8, 4) is 0 Å². The maximum atomic E-state index is 12.5. The van der Waals surface area contributed by atoms with Crippen LogP contribution in [-0.2, 0) is 7.05 Å². The molecule has 1 fully saturated rings. The predicted octanol–water partition coefficient (Wildman–Crippen LogP) is 4.00. The standard InChI is InChI=1S/C21H26N6OS2/c1-12-11-27(17-8-20(28)25(4)18-9-22-23-21(17)18)13(2)10-26(12)14(3)15-5-6-16-19(7-15)29-30-24-16/h5-9,12-14,24H,10-11H2,1-4H3,(H,22,23)/t12-,13+,14?/m1/s1. The summed E-state index contributed by atoms with van der Waals surface area (Å²) in [4.78, 5) is 18.8. The van der Waals surface area contributed by atoms with Crippen LogP contribution in [0.3, 0.4) is 0 Å². The average Bonchev–Trinajstić information content (AvgIpc) is 3.40. The zero-order chi connectivity index (χ0) is 21.0. The number of aromatic nitrogens is 3. The lowest BCUT2D eigenvalue weighted by Crippen LogP contribution is -2.57. The second-order valence-corrected chi connectivity index (χ2v) is 10.3. The molecular weight excluding hydrogens is 416 g/mol. The van der Waals surface area contributed by atoms with Gasteiger partial charge < -0.3 is 14.2 Å². The number of aryl methyl sites for hydroxylation is 1. The SMILES string of the molecule is CC(c1ccc2c(c1)SSN2)N1C[C@H](C)N(c2cc(=O)n(C)c3cn[nH]c23)C[C@H]1C. The lowest BCUT2D eigenvalue weighted by molar-refractivity contribution is 0.119. The number of piperazine rings is 1. The number of hydrogen-bond donors (Lipinski definition) is 2. The fraction of sp³-hybridized carbons (Fsp3) is 0.429. The van der Waals surface area contributed by atoms with E-state index in [4.69, 9.17) is 0 Å². The fourth-order valence-corrected chi connectivity index (χ4v) is 6.57. The number of pyridine rings is 1. The molecule has 0 aliphatic carbocycles. The van der Waals surface area contributed by atoms with E-state index < -0.39 is 0 Å². The van der Waals surface area contributed by atoms with Crippen molar-refractivity contribution < 1.29 is 0 Å². The minimum atomic E-state index is -0.00308. The van der Waals surface area contributed by atoms with Crippen LogP contribution in [0.2, 0.25) is 0 Å². The van der Waals surface area contributed by atoms with Gasteiger partial charge in [0, 0.05) is 60.2 Å². The molecule has 2 aromatic heterocycles. The van der Waals surface area contributed by atoms with Gasteiger partial charge in [-0.05, 0) is 49.3 Å². The molecule has 5 rings (SSSR count). The van der Waals surface area contributed by atoms with Gasteiger partial charge in [-0.3, -0.25) is 14.8 Å². The van der Waals surface area contributed by atoms with Gasteiger partial charge in [0.1, 0.15) is 5.52 Å². The third kappa shape index (κ3) is 3.19. The van der Waals surface area contributed by atoms with Crippen molar-refractivity contribution in [3.63, 3.8) is 0 Å². The molecule has 30 heavy (non-hydrogen) atoms. The molecule has 2 N–H and O–H groups in total. The number of nitrogens with one attached hydrogen (secondary N) is 2. The maximum Gasteiger partial charge on any atom is 0.252 e. The summed E-state index contributed by atoms with van der Waals surface area (Å²) in [6.07, 6.45) is 1.73. The Labute approximate surface area is 183 Å². The molecule has 0 spiro atoms. The van der Waals surface area contributed by atoms with Gasteiger partial charge in [-0.25, -0.2) is 0 Å². The predicted molar refractivity (Wildman–Crippen MR) is 126 cm³/mol. The molecule has 2 aliphatic rings. The molecule has 0 amide bonds. The van der Waals surface area contributed by atoms with Crippen LogP contribution in [0.4, 0.5) is 11.4 Å². The van der Waals surface area contributed by atoms with Gasteiger partial charge in [0.05, 0.1) is 23.1 Å². The quantitative estimate of drug-likeness (QED) is 0.469. The Hall–Kier alpha value is -2.10. The highest BCUT2D eigenvalue weighted by Crippen LogP contribution is 2.45. The summed E-state index contributed by atoms with van der Waals surface area (Å²) in [5.74, 6) is 0. The molecule has 1 unspecified atom stereocenters. The Bertz CT molecular complexity index is 1160. The van der Waals surface area contributed by atoms with Gasteiger partial charge in [0.25, 0.3) is 5.56 Å². The van der Waals surface area contributed by atoms with Gasteiger partial charge in [0.2, 0.25) is 0 Å². The van der Waals surface area contributed by atoms with Crippen LogP contribution in [0.1, 0.15) is 32.4 Å². The number of nitrogens with zero attached hydrogens (tertiary/aromatic N) is 4. The molecule has 3 aromatic rings. The highest BCUT2D eigenvalue weighted by atomic mass is 33.1. The molecule has 3 atom stereocenters. The van der Waals surface area contributed by atoms with E-state index in [-0.39, 0.29) is 11.6 Å². The van der Waals surface area contributed by atoms with Gasteiger partial charge >= 0.3 is 0 Å². The van der Waals surface area contributed by atoms with Crippen molar-refractivity contribution in [1.82, 2.24) is 19.7 Å². The summed E-state index contributed by atoms with van der Waals surface area (Å²) in [5, 5.41) is 7.28. The second kappa shape index (κ2) is 7.55. The van der Waals surface area contributed by atoms with E-state index in [2.05, 4.69) is 63.7 Å². The van der Waals surface area contributed by atoms with E-state index >= 15 is 0 Å². The summed E-state index contributed by atoms with van der Waals surface area (Å²) in [6, 6.07) is 9.45. The average molecular weight is 443 g/mol. The number of H-pyrrole nitrogens is 1. The number of anilines is 2. The van der Waals surface area contributed by atoms with Crippen LogP contribution in [0.5, 0.6) is 0 Å². The second-order valence-electron chi connectivity index (χ2n) is 8.30. The van der Waals surface area contributed by atoms with Crippen LogP contribution < -0.4 is 15.2 Å². The summed E-state index contributed by atoms with van der Waals surface area (Å²) in [6.45, 7) is 8.62. The lowest BCUT2D eigenvalue weighted by Gasteiger charge is -2.47. The Morgan fingerprint density at radius 2 is 2.03 bits per heavy atom. The number of hydrogen-bond acceptors (Lipinski definition) is 7. The molecule has 7 nitrogen and oxygen atoms in total. The van der Waals surface area contributed by atoms with Gasteiger partial charge in [-0.1, -0.05) is 6.07 Å². The summed E-state index contributed by atoms with van der Waals surface area (Å²) in [5.41, 5.74) is 5.28. The van der Waals surface area contributed by atoms with Crippen molar-refractivity contribution in [3.05, 3.63) is 46.4 Å². The van der Waals surface area contributed by atoms with Crippen molar-refractivity contribution in [1.29, 1.82) is 0 Å². The van der Waals surface area contributed by atoms with Crippen molar-refractivity contribution >= 4 is 44.2 Å². The summed E-state index contributed by atoms with van der Waals surface area (Å²) in [7, 11) is 5.25. The zero-order valence-corrected chi connectivity index (χ0v) is 19.2. The number of aromatic amines is 1. The molecule has 158 valence electrons. The van der Waals surface area contributed by atoms with Crippen molar-refractivity contribution in [2.45, 2.75) is 43.8 Å². The van der Waals surface area contributed by atoms with Crippen LogP contribution in [0.15, 0.2) is 40.2 Å². The Morgan fingerprint density at radius 1 is 1.20 bits per heavy atom. The smallest absolute Gasteiger partial charge is 0.252 e. The van der Waals surface area contributed by atoms with E-state index in [0.717, 1.165) is 29.8 Å². The monoisotopic (exact) mass is 442 g/mol. The van der Waals surface area contributed by atoms with Crippen LogP contribution in [-0.4, -0.2) is 44.8 Å². The van der Waals surface area contributed by atoms with Gasteiger partial charge in [-0.15, -0.1) is 0 Å². The van der Waals surface area contributed by atoms with Gasteiger partial charge in [-0.2, -0.15) is 5.10 Å². The van der Waals surface area contributed by atoms with Crippen LogP contribution >= 0.6 is 21.8 Å². The van der Waals surface area contributed by atoms with E-state index in [1.54, 1.807) is 45.7 Å². The molecule has 0 bridgehead atoms. The van der Waals surface area contributed by atoms with Crippen molar-refractivity contribution in [2.75, 3.05) is 22.7 Å². The highest BCUT2D eigenvalue weighted by molar-refractivity contribution is 8.77. The topological polar surface area (TPSA) is 69.2 Å². The molecule has 1 aromatic carbocycles. The largest absolute Gasteiger partial charge is 0.364 e. The normalized spacial score (nSPS) is 22.9. The Balaban J connectivity index is 1.42. The molecule has 2 aliphatic heterocycles. The first kappa shape index (κ1) is 19.8. The van der Waals surface area contributed by atoms with Crippen LogP contribution in [0, 0.1) is 0 Å².